The molecule has 0 amide bonds. The molecule has 1 aliphatic rings. The highest BCUT2D eigenvalue weighted by molar-refractivity contribution is 7.89. The molecule has 1 fully saturated rings. The van der Waals surface area contributed by atoms with E-state index in [9.17, 15) is 8.42 Å². The minimum Gasteiger partial charge on any atom is -0.207 e. The lowest BCUT2D eigenvalue weighted by Crippen LogP contribution is -2.22. The number of halogens is 1. The first-order chi connectivity index (χ1) is 7.00. The van der Waals surface area contributed by atoms with E-state index in [0.717, 1.165) is 0 Å². The molecule has 0 bridgehead atoms. The molecule has 1 aromatic carbocycles. The second-order valence-corrected chi connectivity index (χ2v) is 6.08. The van der Waals surface area contributed by atoms with Crippen LogP contribution in [0.5, 0.6) is 0 Å². The zero-order chi connectivity index (χ0) is 11.1. The molecule has 1 saturated heterocycles. The maximum Gasteiger partial charge on any atom is 0.243 e. The summed E-state index contributed by atoms with van der Waals surface area (Å²) >= 11 is 5.72. The Balaban J connectivity index is 2.32. The summed E-state index contributed by atoms with van der Waals surface area (Å²) < 4.78 is 25.5. The average molecular weight is 246 g/mol. The van der Waals surface area contributed by atoms with Crippen molar-refractivity contribution in [3.63, 3.8) is 0 Å². The van der Waals surface area contributed by atoms with Crippen molar-refractivity contribution in [3.8, 4) is 0 Å². The van der Waals surface area contributed by atoms with Crippen LogP contribution >= 0.6 is 11.6 Å². The van der Waals surface area contributed by atoms with Gasteiger partial charge in [-0.3, -0.25) is 0 Å². The molecule has 0 aromatic heterocycles. The SMILES string of the molecule is C[C@@]1(CCl)CN1S(=O)(=O)c1ccccc1. The van der Waals surface area contributed by atoms with Crippen molar-refractivity contribution in [2.45, 2.75) is 17.4 Å². The van der Waals surface area contributed by atoms with Crippen LogP contribution in [0.2, 0.25) is 0 Å². The van der Waals surface area contributed by atoms with Gasteiger partial charge in [-0.2, -0.15) is 4.31 Å². The van der Waals surface area contributed by atoms with E-state index in [1.807, 2.05) is 6.92 Å². The average Bonchev–Trinajstić information content (AvgIpc) is 2.94. The summed E-state index contributed by atoms with van der Waals surface area (Å²) in [5.74, 6) is 0.332. The van der Waals surface area contributed by atoms with Crippen LogP contribution < -0.4 is 0 Å². The van der Waals surface area contributed by atoms with Crippen LogP contribution in [0.1, 0.15) is 6.92 Å². The van der Waals surface area contributed by atoms with Crippen LogP contribution in [0, 0.1) is 0 Å². The van der Waals surface area contributed by atoms with Gasteiger partial charge in [0.2, 0.25) is 10.0 Å². The van der Waals surface area contributed by atoms with Gasteiger partial charge < -0.3 is 0 Å². The molecule has 15 heavy (non-hydrogen) atoms. The molecular formula is C10H12ClNO2S. The normalized spacial score (nSPS) is 30.1. The molecule has 0 saturated carbocycles. The summed E-state index contributed by atoms with van der Waals surface area (Å²) in [5, 5.41) is 0. The number of hydrogen-bond donors (Lipinski definition) is 0. The van der Waals surface area contributed by atoms with E-state index in [1.165, 1.54) is 4.31 Å². The van der Waals surface area contributed by atoms with Crippen LogP contribution in [-0.2, 0) is 10.0 Å². The maximum absolute atomic E-state index is 12.0. The van der Waals surface area contributed by atoms with Crippen LogP contribution in [-0.4, -0.2) is 30.7 Å². The molecule has 5 heteroatoms. The summed E-state index contributed by atoms with van der Waals surface area (Å²) in [6.45, 7) is 2.36. The van der Waals surface area contributed by atoms with Crippen molar-refractivity contribution in [2.75, 3.05) is 12.4 Å². The van der Waals surface area contributed by atoms with E-state index in [2.05, 4.69) is 0 Å². The zero-order valence-electron chi connectivity index (χ0n) is 8.35. The molecule has 1 aliphatic heterocycles. The lowest BCUT2D eigenvalue weighted by molar-refractivity contribution is 0.531. The van der Waals surface area contributed by atoms with Gasteiger partial charge in [-0.15, -0.1) is 11.6 Å². The fraction of sp³-hybridized carbons (Fsp3) is 0.400. The predicted octanol–water partition coefficient (Wildman–Crippen LogP) is 1.69. The van der Waals surface area contributed by atoms with Crippen LogP contribution in [0.4, 0.5) is 0 Å². The molecule has 1 heterocycles. The van der Waals surface area contributed by atoms with Crippen molar-refractivity contribution >= 4 is 21.6 Å². The predicted molar refractivity (Wildman–Crippen MR) is 59.5 cm³/mol. The van der Waals surface area contributed by atoms with Gasteiger partial charge >= 0.3 is 0 Å². The fourth-order valence-electron chi connectivity index (χ4n) is 1.48. The summed E-state index contributed by atoms with van der Waals surface area (Å²) in [7, 11) is -3.34. The smallest absolute Gasteiger partial charge is 0.207 e. The third kappa shape index (κ3) is 1.77. The molecule has 2 rings (SSSR count). The van der Waals surface area contributed by atoms with E-state index < -0.39 is 15.6 Å². The molecule has 1 aromatic rings. The molecule has 0 N–H and O–H groups in total. The molecule has 2 atom stereocenters. The summed E-state index contributed by atoms with van der Waals surface area (Å²) in [6.07, 6.45) is 0. The van der Waals surface area contributed by atoms with Crippen LogP contribution in [0.3, 0.4) is 0 Å². The van der Waals surface area contributed by atoms with Gasteiger partial charge in [0.1, 0.15) is 0 Å². The summed E-state index contributed by atoms with van der Waals surface area (Å²) in [4.78, 5) is 0.332. The van der Waals surface area contributed by atoms with Gasteiger partial charge in [-0.05, 0) is 19.1 Å². The lowest BCUT2D eigenvalue weighted by Gasteiger charge is -2.09. The number of nitrogens with zero attached hydrogens (tertiary/aromatic N) is 1. The Morgan fingerprint density at radius 3 is 2.47 bits per heavy atom. The van der Waals surface area contributed by atoms with Crippen molar-refractivity contribution in [1.29, 1.82) is 0 Å². The minimum absolute atomic E-state index is 0.332. The number of sulfonamides is 1. The van der Waals surface area contributed by atoms with E-state index in [-0.39, 0.29) is 0 Å². The Labute approximate surface area is 94.7 Å². The van der Waals surface area contributed by atoms with Gasteiger partial charge in [0.15, 0.2) is 0 Å². The van der Waals surface area contributed by atoms with Gasteiger partial charge in [-0.1, -0.05) is 18.2 Å². The molecule has 0 radical (unpaired) electrons. The van der Waals surface area contributed by atoms with Crippen molar-refractivity contribution in [3.05, 3.63) is 30.3 Å². The van der Waals surface area contributed by atoms with E-state index in [1.54, 1.807) is 30.3 Å². The topological polar surface area (TPSA) is 37.1 Å². The maximum atomic E-state index is 12.0. The first kappa shape index (κ1) is 10.9. The summed E-state index contributed by atoms with van der Waals surface area (Å²) in [6, 6.07) is 8.43. The third-order valence-corrected chi connectivity index (χ3v) is 5.20. The Bertz CT molecular complexity index is 460. The monoisotopic (exact) mass is 245 g/mol. The molecule has 0 aliphatic carbocycles. The van der Waals surface area contributed by atoms with Crippen molar-refractivity contribution in [2.24, 2.45) is 0 Å². The van der Waals surface area contributed by atoms with E-state index in [4.69, 9.17) is 11.6 Å². The van der Waals surface area contributed by atoms with Gasteiger partial charge in [0, 0.05) is 12.4 Å². The Morgan fingerprint density at radius 2 is 2.00 bits per heavy atom. The number of rotatable bonds is 3. The summed E-state index contributed by atoms with van der Waals surface area (Å²) in [5.41, 5.74) is -0.393. The highest BCUT2D eigenvalue weighted by Gasteiger charge is 2.54. The molecule has 82 valence electrons. The van der Waals surface area contributed by atoms with Crippen LogP contribution in [0.25, 0.3) is 0 Å². The fourth-order valence-corrected chi connectivity index (χ4v) is 3.63. The number of benzene rings is 1. The second kappa shape index (κ2) is 3.47. The van der Waals surface area contributed by atoms with Gasteiger partial charge in [0.25, 0.3) is 0 Å². The third-order valence-electron chi connectivity index (χ3n) is 2.60. The molecule has 3 nitrogen and oxygen atoms in total. The first-order valence-electron chi connectivity index (χ1n) is 4.64. The quantitative estimate of drug-likeness (QED) is 0.600. The zero-order valence-corrected chi connectivity index (χ0v) is 9.92. The first-order valence-corrected chi connectivity index (χ1v) is 6.62. The molecule has 1 unspecified atom stereocenters. The minimum atomic E-state index is -3.34. The van der Waals surface area contributed by atoms with Crippen molar-refractivity contribution in [1.82, 2.24) is 4.31 Å². The highest BCUT2D eigenvalue weighted by atomic mass is 35.5. The second-order valence-electron chi connectivity index (χ2n) is 3.96. The number of hydrogen-bond acceptors (Lipinski definition) is 2. The van der Waals surface area contributed by atoms with Gasteiger partial charge in [0.05, 0.1) is 10.4 Å². The Morgan fingerprint density at radius 1 is 1.40 bits per heavy atom. The molecule has 0 spiro atoms. The standard InChI is InChI=1S/C10H12ClNO2S/c1-10(7-11)8-12(10)15(13,14)9-5-3-2-4-6-9/h2-6H,7-8H2,1H3/t10-,12?/m1/s1. The Kier molecular flexibility index (Phi) is 2.53. The molecular weight excluding hydrogens is 234 g/mol. The Hall–Kier alpha value is -0.580. The van der Waals surface area contributed by atoms with E-state index >= 15 is 0 Å². The van der Waals surface area contributed by atoms with E-state index in [0.29, 0.717) is 17.3 Å². The highest BCUT2D eigenvalue weighted by Crippen LogP contribution is 2.38. The number of alkyl halides is 1. The van der Waals surface area contributed by atoms with Crippen LogP contribution in [0.15, 0.2) is 35.2 Å². The van der Waals surface area contributed by atoms with Gasteiger partial charge in [-0.25, -0.2) is 8.42 Å². The largest absolute Gasteiger partial charge is 0.243 e. The van der Waals surface area contributed by atoms with Crippen molar-refractivity contribution < 1.29 is 8.42 Å². The lowest BCUT2D eigenvalue weighted by atomic mass is 10.2.